The van der Waals surface area contributed by atoms with Crippen LogP contribution in [0.1, 0.15) is 0 Å². The molecule has 0 saturated carbocycles. The molecule has 3 rings (SSSR count). The van der Waals surface area contributed by atoms with Crippen molar-refractivity contribution in [2.75, 3.05) is 0 Å². The van der Waals surface area contributed by atoms with Gasteiger partial charge in [0, 0.05) is 10.8 Å². The van der Waals surface area contributed by atoms with Crippen LogP contribution in [0.4, 0.5) is 0 Å². The van der Waals surface area contributed by atoms with Gasteiger partial charge in [-0.3, -0.25) is 0 Å². The molecule has 3 aromatic rings. The number of hydrogen-bond donors (Lipinski definition) is 0. The van der Waals surface area contributed by atoms with Gasteiger partial charge in [-0.1, -0.05) is 54.1 Å². The SMILES string of the molecule is Clc1c2[c]cccc2cc2ccccc12. The molecule has 3 aromatic carbocycles. The maximum atomic E-state index is 6.34. The molecule has 0 amide bonds. The molecule has 1 heteroatoms. The number of halogens is 1. The van der Waals surface area contributed by atoms with E-state index in [-0.39, 0.29) is 0 Å². The van der Waals surface area contributed by atoms with Gasteiger partial charge in [0.2, 0.25) is 0 Å². The number of benzene rings is 3. The van der Waals surface area contributed by atoms with Crippen molar-refractivity contribution in [3.63, 3.8) is 0 Å². The Morgan fingerprint density at radius 2 is 1.73 bits per heavy atom. The number of hydrogen-bond acceptors (Lipinski definition) is 0. The normalized spacial score (nSPS) is 11.0. The van der Waals surface area contributed by atoms with Gasteiger partial charge < -0.3 is 0 Å². The standard InChI is InChI=1S/C14H8Cl/c15-14-12-7-3-1-5-10(12)9-11-6-2-4-8-13(11)14/h1-7,9H. The van der Waals surface area contributed by atoms with E-state index in [4.69, 9.17) is 11.6 Å². The molecule has 0 aromatic heterocycles. The second-order valence-corrected chi connectivity index (χ2v) is 3.92. The third kappa shape index (κ3) is 1.30. The third-order valence-corrected chi connectivity index (χ3v) is 3.01. The van der Waals surface area contributed by atoms with E-state index < -0.39 is 0 Å². The molecule has 0 heterocycles. The molecule has 0 aliphatic heterocycles. The van der Waals surface area contributed by atoms with Crippen LogP contribution in [0.15, 0.2) is 48.5 Å². The highest BCUT2D eigenvalue weighted by Crippen LogP contribution is 2.31. The van der Waals surface area contributed by atoms with Crippen molar-refractivity contribution in [1.82, 2.24) is 0 Å². The van der Waals surface area contributed by atoms with Crippen molar-refractivity contribution >= 4 is 33.1 Å². The van der Waals surface area contributed by atoms with Gasteiger partial charge >= 0.3 is 0 Å². The molecule has 0 aliphatic carbocycles. The zero-order chi connectivity index (χ0) is 10.3. The lowest BCUT2D eigenvalue weighted by Crippen LogP contribution is -1.78. The van der Waals surface area contributed by atoms with Gasteiger partial charge in [-0.25, -0.2) is 0 Å². The Kier molecular flexibility index (Phi) is 1.90. The Morgan fingerprint density at radius 1 is 0.933 bits per heavy atom. The summed E-state index contributed by atoms with van der Waals surface area (Å²) in [6.07, 6.45) is 0. The van der Waals surface area contributed by atoms with Gasteiger partial charge in [0.25, 0.3) is 0 Å². The first-order valence-electron chi connectivity index (χ1n) is 4.84. The molecular weight excluding hydrogens is 204 g/mol. The zero-order valence-corrected chi connectivity index (χ0v) is 8.75. The van der Waals surface area contributed by atoms with Crippen LogP contribution >= 0.6 is 11.6 Å². The molecule has 0 N–H and O–H groups in total. The molecule has 1 radical (unpaired) electrons. The summed E-state index contributed by atoms with van der Waals surface area (Å²) >= 11 is 6.34. The zero-order valence-electron chi connectivity index (χ0n) is 8.00. The van der Waals surface area contributed by atoms with Crippen LogP contribution in [-0.2, 0) is 0 Å². The summed E-state index contributed by atoms with van der Waals surface area (Å²) in [6, 6.07) is 19.4. The molecule has 71 valence electrons. The third-order valence-electron chi connectivity index (χ3n) is 2.62. The van der Waals surface area contributed by atoms with Crippen molar-refractivity contribution in [3.8, 4) is 0 Å². The summed E-state index contributed by atoms with van der Waals surface area (Å²) in [4.78, 5) is 0. The Hall–Kier alpha value is -1.53. The first kappa shape index (κ1) is 8.75. The maximum Gasteiger partial charge on any atom is 0.0569 e. The highest BCUT2D eigenvalue weighted by molar-refractivity contribution is 6.40. The van der Waals surface area contributed by atoms with Gasteiger partial charge in [0.1, 0.15) is 0 Å². The molecular formula is C14H8Cl. The Morgan fingerprint density at radius 3 is 2.67 bits per heavy atom. The topological polar surface area (TPSA) is 0 Å². The monoisotopic (exact) mass is 211 g/mol. The minimum absolute atomic E-state index is 0.795. The van der Waals surface area contributed by atoms with Crippen LogP contribution in [0.5, 0.6) is 0 Å². The summed E-state index contributed by atoms with van der Waals surface area (Å²) < 4.78 is 0. The smallest absolute Gasteiger partial charge is 0.0569 e. The van der Waals surface area contributed by atoms with Crippen molar-refractivity contribution in [3.05, 3.63) is 59.6 Å². The fraction of sp³-hybridized carbons (Fsp3) is 0. The molecule has 15 heavy (non-hydrogen) atoms. The van der Waals surface area contributed by atoms with E-state index in [9.17, 15) is 0 Å². The summed E-state index contributed by atoms with van der Waals surface area (Å²) in [7, 11) is 0. The van der Waals surface area contributed by atoms with Crippen molar-refractivity contribution in [2.24, 2.45) is 0 Å². The lowest BCUT2D eigenvalue weighted by Gasteiger charge is -2.04. The lowest BCUT2D eigenvalue weighted by atomic mass is 10.0. The van der Waals surface area contributed by atoms with Crippen LogP contribution in [0.3, 0.4) is 0 Å². The van der Waals surface area contributed by atoms with Gasteiger partial charge in [0.05, 0.1) is 5.02 Å². The molecule has 0 spiro atoms. The van der Waals surface area contributed by atoms with Crippen molar-refractivity contribution in [1.29, 1.82) is 0 Å². The number of rotatable bonds is 0. The summed E-state index contributed by atoms with van der Waals surface area (Å²) in [5, 5.41) is 5.20. The van der Waals surface area contributed by atoms with E-state index in [1.165, 1.54) is 5.39 Å². The summed E-state index contributed by atoms with van der Waals surface area (Å²) in [6.45, 7) is 0. The fourth-order valence-corrected chi connectivity index (χ4v) is 2.22. The molecule has 0 nitrogen and oxygen atoms in total. The van der Waals surface area contributed by atoms with Crippen LogP contribution in [0.2, 0.25) is 5.02 Å². The average Bonchev–Trinajstić information content (AvgIpc) is 2.30. The van der Waals surface area contributed by atoms with E-state index in [0.29, 0.717) is 0 Å². The fourth-order valence-electron chi connectivity index (χ4n) is 1.89. The maximum absolute atomic E-state index is 6.34. The van der Waals surface area contributed by atoms with Gasteiger partial charge in [-0.05, 0) is 22.9 Å². The van der Waals surface area contributed by atoms with Crippen LogP contribution in [0, 0.1) is 6.07 Å². The first-order valence-corrected chi connectivity index (χ1v) is 5.22. The van der Waals surface area contributed by atoms with Crippen molar-refractivity contribution < 1.29 is 0 Å². The molecule has 0 saturated heterocycles. The summed E-state index contributed by atoms with van der Waals surface area (Å²) in [5.41, 5.74) is 0. The van der Waals surface area contributed by atoms with E-state index in [2.05, 4.69) is 24.3 Å². The highest BCUT2D eigenvalue weighted by Gasteiger charge is 2.03. The van der Waals surface area contributed by atoms with E-state index in [0.717, 1.165) is 21.2 Å². The number of fused-ring (bicyclic) bond motifs is 2. The molecule has 0 bridgehead atoms. The predicted molar refractivity (Wildman–Crippen MR) is 65.3 cm³/mol. The van der Waals surface area contributed by atoms with Crippen LogP contribution in [-0.4, -0.2) is 0 Å². The first-order chi connectivity index (χ1) is 7.36. The predicted octanol–water partition coefficient (Wildman–Crippen LogP) is 4.45. The van der Waals surface area contributed by atoms with Gasteiger partial charge in [0.15, 0.2) is 0 Å². The lowest BCUT2D eigenvalue weighted by molar-refractivity contribution is 1.75. The largest absolute Gasteiger partial charge is 0.0830 e. The highest BCUT2D eigenvalue weighted by atomic mass is 35.5. The molecule has 0 atom stereocenters. The van der Waals surface area contributed by atoms with Gasteiger partial charge in [-0.2, -0.15) is 0 Å². The average molecular weight is 212 g/mol. The van der Waals surface area contributed by atoms with E-state index >= 15 is 0 Å². The molecule has 0 fully saturated rings. The Labute approximate surface area is 93.1 Å². The Balaban J connectivity index is 2.60. The minimum atomic E-state index is 0.795. The summed E-state index contributed by atoms with van der Waals surface area (Å²) in [5.74, 6) is 0. The van der Waals surface area contributed by atoms with Crippen LogP contribution in [0.25, 0.3) is 21.5 Å². The second kappa shape index (κ2) is 3.25. The van der Waals surface area contributed by atoms with E-state index in [1.807, 2.05) is 30.3 Å². The quantitative estimate of drug-likeness (QED) is 0.482. The molecule has 0 unspecified atom stereocenters. The van der Waals surface area contributed by atoms with Gasteiger partial charge in [-0.15, -0.1) is 0 Å². The van der Waals surface area contributed by atoms with E-state index in [1.54, 1.807) is 0 Å². The Bertz CT molecular complexity index is 587. The second-order valence-electron chi connectivity index (χ2n) is 3.55. The van der Waals surface area contributed by atoms with Crippen molar-refractivity contribution in [2.45, 2.75) is 0 Å². The van der Waals surface area contributed by atoms with Crippen LogP contribution < -0.4 is 0 Å². The minimum Gasteiger partial charge on any atom is -0.0830 e. The molecule has 0 aliphatic rings.